The molecule has 3 nitrogen and oxygen atoms in total. The van der Waals surface area contributed by atoms with Crippen molar-refractivity contribution in [1.29, 1.82) is 0 Å². The zero-order valence-electron chi connectivity index (χ0n) is 15.4. The normalized spacial score (nSPS) is 13.9. The minimum absolute atomic E-state index is 0.0708. The molecule has 0 aliphatic heterocycles. The molecule has 2 aromatic rings. The molecule has 0 saturated carbocycles. The molecule has 1 unspecified atom stereocenters. The van der Waals surface area contributed by atoms with Gasteiger partial charge in [-0.25, -0.2) is 0 Å². The predicted molar refractivity (Wildman–Crippen MR) is 104 cm³/mol. The Morgan fingerprint density at radius 2 is 1.64 bits per heavy atom. The topological polar surface area (TPSA) is 38.3 Å². The first kappa shape index (κ1) is 19.7. The Kier molecular flexibility index (Phi) is 7.24. The standard InChI is InChI=1S/C21H27NO2Se/c1-5-24-20(23)19(22-16(2)17-12-8-6-9-13-17)21(3,4)25-18-14-10-7-11-15-18/h6-16,19,22H,5H2,1-4H3/t16-,19?/m0/s1. The fraction of sp³-hybridized carbons (Fsp3) is 0.381. The number of nitrogens with one attached hydrogen (secondary N) is 1. The van der Waals surface area contributed by atoms with E-state index in [-0.39, 0.29) is 37.3 Å². The SMILES string of the molecule is CCOC(=O)C(N[C@@H](C)c1ccccc1)C(C)(C)[Se]c1ccccc1. The molecule has 2 aromatic carbocycles. The second-order valence-corrected chi connectivity index (χ2v) is 10.1. The van der Waals surface area contributed by atoms with E-state index in [0.29, 0.717) is 6.61 Å². The van der Waals surface area contributed by atoms with Gasteiger partial charge in [0.2, 0.25) is 0 Å². The molecule has 0 bridgehead atoms. The molecule has 4 heteroatoms. The van der Waals surface area contributed by atoms with Gasteiger partial charge >= 0.3 is 157 Å². The second-order valence-electron chi connectivity index (χ2n) is 6.50. The molecule has 1 N–H and O–H groups in total. The van der Waals surface area contributed by atoms with Crippen molar-refractivity contribution in [2.24, 2.45) is 0 Å². The third kappa shape index (κ3) is 5.71. The first-order valence-electron chi connectivity index (χ1n) is 8.65. The van der Waals surface area contributed by atoms with E-state index >= 15 is 0 Å². The van der Waals surface area contributed by atoms with Crippen molar-refractivity contribution in [2.75, 3.05) is 6.61 Å². The molecule has 0 aliphatic rings. The number of ether oxygens (including phenoxy) is 1. The molecule has 134 valence electrons. The Morgan fingerprint density at radius 3 is 2.20 bits per heavy atom. The fourth-order valence-electron chi connectivity index (χ4n) is 2.72. The van der Waals surface area contributed by atoms with Gasteiger partial charge in [-0.3, -0.25) is 0 Å². The van der Waals surface area contributed by atoms with Crippen LogP contribution in [0.15, 0.2) is 60.7 Å². The zero-order valence-corrected chi connectivity index (χ0v) is 17.1. The Bertz CT molecular complexity index is 658. The van der Waals surface area contributed by atoms with Gasteiger partial charge < -0.3 is 0 Å². The van der Waals surface area contributed by atoms with Crippen LogP contribution in [0.3, 0.4) is 0 Å². The molecule has 25 heavy (non-hydrogen) atoms. The van der Waals surface area contributed by atoms with E-state index in [9.17, 15) is 4.79 Å². The van der Waals surface area contributed by atoms with Crippen LogP contribution in [0.4, 0.5) is 0 Å². The Labute approximate surface area is 157 Å². The van der Waals surface area contributed by atoms with Crippen LogP contribution in [0.2, 0.25) is 4.31 Å². The van der Waals surface area contributed by atoms with Crippen LogP contribution in [0, 0.1) is 0 Å². The monoisotopic (exact) mass is 405 g/mol. The molecule has 2 rings (SSSR count). The van der Waals surface area contributed by atoms with Crippen molar-refractivity contribution in [3.63, 3.8) is 0 Å². The van der Waals surface area contributed by atoms with Crippen LogP contribution >= 0.6 is 0 Å². The van der Waals surface area contributed by atoms with Crippen LogP contribution < -0.4 is 9.78 Å². The number of hydrogen-bond donors (Lipinski definition) is 1. The number of hydrogen-bond acceptors (Lipinski definition) is 3. The van der Waals surface area contributed by atoms with Gasteiger partial charge in [-0.05, 0) is 0 Å². The number of esters is 1. The maximum atomic E-state index is 12.7. The van der Waals surface area contributed by atoms with Gasteiger partial charge in [-0.2, -0.15) is 0 Å². The van der Waals surface area contributed by atoms with E-state index in [1.807, 2.05) is 43.3 Å². The van der Waals surface area contributed by atoms with Gasteiger partial charge in [-0.15, -0.1) is 0 Å². The van der Waals surface area contributed by atoms with Crippen molar-refractivity contribution >= 4 is 25.4 Å². The molecule has 0 saturated heterocycles. The summed E-state index contributed by atoms with van der Waals surface area (Å²) in [7, 11) is 0. The van der Waals surface area contributed by atoms with Crippen molar-refractivity contribution < 1.29 is 9.53 Å². The van der Waals surface area contributed by atoms with E-state index in [1.54, 1.807) is 0 Å². The van der Waals surface area contributed by atoms with Crippen molar-refractivity contribution in [1.82, 2.24) is 5.32 Å². The average Bonchev–Trinajstić information content (AvgIpc) is 2.60. The van der Waals surface area contributed by atoms with Crippen LogP contribution in [0.1, 0.15) is 39.3 Å². The number of carbonyl (C=O) groups is 1. The van der Waals surface area contributed by atoms with Crippen LogP contribution in [-0.4, -0.2) is 33.6 Å². The van der Waals surface area contributed by atoms with E-state index in [0.717, 1.165) is 0 Å². The molecule has 0 radical (unpaired) electrons. The quantitative estimate of drug-likeness (QED) is 0.541. The van der Waals surface area contributed by atoms with Crippen LogP contribution in [0.5, 0.6) is 0 Å². The maximum absolute atomic E-state index is 12.7. The molecule has 0 spiro atoms. The summed E-state index contributed by atoms with van der Waals surface area (Å²) in [5, 5.41) is 3.52. The Morgan fingerprint density at radius 1 is 1.08 bits per heavy atom. The summed E-state index contributed by atoms with van der Waals surface area (Å²) < 4.78 is 6.44. The summed E-state index contributed by atoms with van der Waals surface area (Å²) in [6.07, 6.45) is 0. The molecular weight excluding hydrogens is 377 g/mol. The third-order valence-electron chi connectivity index (χ3n) is 4.06. The molecule has 2 atom stereocenters. The summed E-state index contributed by atoms with van der Waals surface area (Å²) >= 11 is 0.134. The molecule has 0 heterocycles. The van der Waals surface area contributed by atoms with Gasteiger partial charge in [0.1, 0.15) is 0 Å². The molecule has 0 amide bonds. The Hall–Kier alpha value is -1.61. The average molecular weight is 404 g/mol. The summed E-state index contributed by atoms with van der Waals surface area (Å²) in [6, 6.07) is 20.3. The fourth-order valence-corrected chi connectivity index (χ4v) is 5.20. The molecule has 0 aromatic heterocycles. The molecular formula is C21H27NO2Se. The van der Waals surface area contributed by atoms with E-state index in [1.165, 1.54) is 10.0 Å². The summed E-state index contributed by atoms with van der Waals surface area (Å²) in [4.78, 5) is 12.7. The first-order valence-corrected chi connectivity index (χ1v) is 10.4. The summed E-state index contributed by atoms with van der Waals surface area (Å²) in [5.41, 5.74) is 1.17. The predicted octanol–water partition coefficient (Wildman–Crippen LogP) is 3.50. The second kappa shape index (κ2) is 9.19. The summed E-state index contributed by atoms with van der Waals surface area (Å²) in [6.45, 7) is 8.63. The van der Waals surface area contributed by atoms with Crippen molar-refractivity contribution in [3.8, 4) is 0 Å². The first-order chi connectivity index (χ1) is 11.9. The van der Waals surface area contributed by atoms with Gasteiger partial charge in [-0.1, -0.05) is 0 Å². The third-order valence-corrected chi connectivity index (χ3v) is 6.72. The van der Waals surface area contributed by atoms with Gasteiger partial charge in [0.25, 0.3) is 0 Å². The van der Waals surface area contributed by atoms with E-state index in [2.05, 4.69) is 50.4 Å². The Balaban J connectivity index is 2.20. The van der Waals surface area contributed by atoms with Crippen LogP contribution in [0.25, 0.3) is 0 Å². The van der Waals surface area contributed by atoms with Gasteiger partial charge in [0, 0.05) is 0 Å². The van der Waals surface area contributed by atoms with Gasteiger partial charge in [0.05, 0.1) is 0 Å². The minimum atomic E-state index is -0.358. The van der Waals surface area contributed by atoms with Crippen molar-refractivity contribution in [3.05, 3.63) is 66.2 Å². The molecule has 0 fully saturated rings. The number of rotatable bonds is 8. The van der Waals surface area contributed by atoms with Crippen molar-refractivity contribution in [2.45, 2.75) is 44.1 Å². The van der Waals surface area contributed by atoms with Crippen LogP contribution in [-0.2, 0) is 9.53 Å². The summed E-state index contributed by atoms with van der Waals surface area (Å²) in [5.74, 6) is -0.173. The van der Waals surface area contributed by atoms with Gasteiger partial charge in [0.15, 0.2) is 0 Å². The van der Waals surface area contributed by atoms with E-state index in [4.69, 9.17) is 4.74 Å². The molecule has 0 aliphatic carbocycles. The van der Waals surface area contributed by atoms with E-state index < -0.39 is 0 Å². The number of benzene rings is 2. The zero-order chi connectivity index (χ0) is 18.3. The number of carbonyl (C=O) groups excluding carboxylic acids is 1.